The molecule has 0 spiro atoms. The van der Waals surface area contributed by atoms with Gasteiger partial charge in [0.2, 0.25) is 5.91 Å². The van der Waals surface area contributed by atoms with Crippen LogP contribution in [0.2, 0.25) is 0 Å². The van der Waals surface area contributed by atoms with Crippen molar-refractivity contribution in [3.05, 3.63) is 30.3 Å². The molecule has 0 aliphatic heterocycles. The summed E-state index contributed by atoms with van der Waals surface area (Å²) in [6.45, 7) is 6.33. The van der Waals surface area contributed by atoms with Crippen LogP contribution < -0.4 is 10.1 Å². The standard InChI is InChI=1S/C15H22N2O3/c1-12(2)17(13(3)18)10-9-16-15(19)11-20-14-7-5-4-6-8-14/h4-8,12H,9-11H2,1-3H3,(H,16,19). The number of para-hydroxylation sites is 1. The Labute approximate surface area is 119 Å². The highest BCUT2D eigenvalue weighted by molar-refractivity contribution is 5.77. The Morgan fingerprint density at radius 2 is 1.90 bits per heavy atom. The zero-order chi connectivity index (χ0) is 15.0. The van der Waals surface area contributed by atoms with E-state index in [1.165, 1.54) is 6.92 Å². The Bertz CT molecular complexity index is 432. The van der Waals surface area contributed by atoms with Crippen molar-refractivity contribution >= 4 is 11.8 Å². The number of carbonyl (C=O) groups is 2. The Kier molecular flexibility index (Phi) is 6.56. The number of nitrogens with zero attached hydrogens (tertiary/aromatic N) is 1. The van der Waals surface area contributed by atoms with E-state index < -0.39 is 0 Å². The van der Waals surface area contributed by atoms with Gasteiger partial charge in [-0.3, -0.25) is 9.59 Å². The molecule has 2 amide bonds. The summed E-state index contributed by atoms with van der Waals surface area (Å²) < 4.78 is 5.33. The van der Waals surface area contributed by atoms with Gasteiger partial charge in [-0.05, 0) is 26.0 Å². The number of amides is 2. The lowest BCUT2D eigenvalue weighted by molar-refractivity contribution is -0.131. The summed E-state index contributed by atoms with van der Waals surface area (Å²) in [5.74, 6) is 0.478. The minimum Gasteiger partial charge on any atom is -0.484 e. The Morgan fingerprint density at radius 1 is 1.25 bits per heavy atom. The van der Waals surface area contributed by atoms with E-state index in [1.807, 2.05) is 32.0 Å². The van der Waals surface area contributed by atoms with Crippen molar-refractivity contribution < 1.29 is 14.3 Å². The fourth-order valence-electron chi connectivity index (χ4n) is 1.81. The normalized spacial score (nSPS) is 10.2. The van der Waals surface area contributed by atoms with Gasteiger partial charge in [0.1, 0.15) is 5.75 Å². The van der Waals surface area contributed by atoms with Crippen LogP contribution >= 0.6 is 0 Å². The summed E-state index contributed by atoms with van der Waals surface area (Å²) in [4.78, 5) is 24.7. The molecular formula is C15H22N2O3. The maximum atomic E-state index is 11.6. The summed E-state index contributed by atoms with van der Waals surface area (Å²) >= 11 is 0. The lowest BCUT2D eigenvalue weighted by Gasteiger charge is -2.25. The van der Waals surface area contributed by atoms with Gasteiger partial charge in [-0.15, -0.1) is 0 Å². The van der Waals surface area contributed by atoms with E-state index in [2.05, 4.69) is 5.32 Å². The minimum atomic E-state index is -0.193. The number of nitrogens with one attached hydrogen (secondary N) is 1. The highest BCUT2D eigenvalue weighted by Crippen LogP contribution is 2.07. The summed E-state index contributed by atoms with van der Waals surface area (Å²) in [5, 5.41) is 2.74. The summed E-state index contributed by atoms with van der Waals surface area (Å²) in [7, 11) is 0. The van der Waals surface area contributed by atoms with Gasteiger partial charge in [-0.2, -0.15) is 0 Å². The monoisotopic (exact) mass is 278 g/mol. The molecule has 1 rings (SSSR count). The third-order valence-corrected chi connectivity index (χ3v) is 2.82. The van der Waals surface area contributed by atoms with Gasteiger partial charge in [-0.1, -0.05) is 18.2 Å². The molecule has 5 heteroatoms. The fraction of sp³-hybridized carbons (Fsp3) is 0.467. The van der Waals surface area contributed by atoms with Crippen molar-refractivity contribution in [3.8, 4) is 5.75 Å². The average Bonchev–Trinajstić information content (AvgIpc) is 2.41. The Morgan fingerprint density at radius 3 is 2.45 bits per heavy atom. The first-order valence-corrected chi connectivity index (χ1v) is 6.72. The molecule has 0 atom stereocenters. The van der Waals surface area contributed by atoms with E-state index in [-0.39, 0.29) is 24.5 Å². The van der Waals surface area contributed by atoms with E-state index in [0.717, 1.165) is 0 Å². The second kappa shape index (κ2) is 8.19. The van der Waals surface area contributed by atoms with Crippen LogP contribution in [0.1, 0.15) is 20.8 Å². The van der Waals surface area contributed by atoms with Crippen molar-refractivity contribution in [3.63, 3.8) is 0 Å². The lowest BCUT2D eigenvalue weighted by atomic mass is 10.3. The molecular weight excluding hydrogens is 256 g/mol. The van der Waals surface area contributed by atoms with Crippen molar-refractivity contribution in [2.75, 3.05) is 19.7 Å². The topological polar surface area (TPSA) is 58.6 Å². The maximum Gasteiger partial charge on any atom is 0.258 e. The molecule has 0 radical (unpaired) electrons. The van der Waals surface area contributed by atoms with Crippen molar-refractivity contribution in [2.45, 2.75) is 26.8 Å². The summed E-state index contributed by atoms with van der Waals surface area (Å²) in [6.07, 6.45) is 0. The first-order valence-electron chi connectivity index (χ1n) is 6.72. The molecule has 1 N–H and O–H groups in total. The largest absolute Gasteiger partial charge is 0.484 e. The highest BCUT2D eigenvalue weighted by Gasteiger charge is 2.12. The molecule has 1 aromatic carbocycles. The van der Waals surface area contributed by atoms with E-state index in [0.29, 0.717) is 18.8 Å². The maximum absolute atomic E-state index is 11.6. The van der Waals surface area contributed by atoms with Crippen LogP contribution in [-0.4, -0.2) is 42.5 Å². The first-order chi connectivity index (χ1) is 9.50. The predicted molar refractivity (Wildman–Crippen MR) is 77.5 cm³/mol. The van der Waals surface area contributed by atoms with Crippen LogP contribution in [0.15, 0.2) is 30.3 Å². The Hall–Kier alpha value is -2.04. The molecule has 110 valence electrons. The zero-order valence-corrected chi connectivity index (χ0v) is 12.3. The van der Waals surface area contributed by atoms with Gasteiger partial charge >= 0.3 is 0 Å². The van der Waals surface area contributed by atoms with Gasteiger partial charge in [0.15, 0.2) is 6.61 Å². The number of benzene rings is 1. The molecule has 20 heavy (non-hydrogen) atoms. The SMILES string of the molecule is CC(=O)N(CCNC(=O)COc1ccccc1)C(C)C. The van der Waals surface area contributed by atoms with E-state index in [9.17, 15) is 9.59 Å². The number of hydrogen-bond donors (Lipinski definition) is 1. The van der Waals surface area contributed by atoms with Crippen LogP contribution in [0.4, 0.5) is 0 Å². The molecule has 5 nitrogen and oxygen atoms in total. The molecule has 0 aliphatic rings. The molecule has 0 heterocycles. The van der Waals surface area contributed by atoms with Crippen LogP contribution in [0, 0.1) is 0 Å². The minimum absolute atomic E-state index is 0.00906. The number of hydrogen-bond acceptors (Lipinski definition) is 3. The van der Waals surface area contributed by atoms with Crippen molar-refractivity contribution in [1.82, 2.24) is 10.2 Å². The van der Waals surface area contributed by atoms with Gasteiger partial charge in [0, 0.05) is 26.1 Å². The molecule has 0 aromatic heterocycles. The molecule has 0 unspecified atom stereocenters. The van der Waals surface area contributed by atoms with E-state index in [4.69, 9.17) is 4.74 Å². The van der Waals surface area contributed by atoms with E-state index in [1.54, 1.807) is 17.0 Å². The molecule has 0 saturated carbocycles. The van der Waals surface area contributed by atoms with Crippen LogP contribution in [0.25, 0.3) is 0 Å². The van der Waals surface area contributed by atoms with Gasteiger partial charge < -0.3 is 15.0 Å². The molecule has 0 fully saturated rings. The van der Waals surface area contributed by atoms with Crippen LogP contribution in [0.5, 0.6) is 5.75 Å². The van der Waals surface area contributed by atoms with Crippen molar-refractivity contribution in [1.29, 1.82) is 0 Å². The summed E-state index contributed by atoms with van der Waals surface area (Å²) in [6, 6.07) is 9.30. The van der Waals surface area contributed by atoms with Gasteiger partial charge in [0.25, 0.3) is 5.91 Å². The second-order valence-corrected chi connectivity index (χ2v) is 4.76. The van der Waals surface area contributed by atoms with Gasteiger partial charge in [0.05, 0.1) is 0 Å². The fourth-order valence-corrected chi connectivity index (χ4v) is 1.81. The number of ether oxygens (including phenoxy) is 1. The molecule has 0 bridgehead atoms. The van der Waals surface area contributed by atoms with E-state index >= 15 is 0 Å². The molecule has 0 saturated heterocycles. The van der Waals surface area contributed by atoms with Crippen LogP contribution in [0.3, 0.4) is 0 Å². The van der Waals surface area contributed by atoms with Gasteiger partial charge in [-0.25, -0.2) is 0 Å². The zero-order valence-electron chi connectivity index (χ0n) is 12.3. The third-order valence-electron chi connectivity index (χ3n) is 2.82. The summed E-state index contributed by atoms with van der Waals surface area (Å²) in [5.41, 5.74) is 0. The smallest absolute Gasteiger partial charge is 0.258 e. The second-order valence-electron chi connectivity index (χ2n) is 4.76. The third kappa shape index (κ3) is 5.73. The highest BCUT2D eigenvalue weighted by atomic mass is 16.5. The predicted octanol–water partition coefficient (Wildman–Crippen LogP) is 1.44. The number of carbonyl (C=O) groups excluding carboxylic acids is 2. The first kappa shape index (κ1) is 16.0. The number of rotatable bonds is 7. The quantitative estimate of drug-likeness (QED) is 0.821. The molecule has 1 aromatic rings. The lowest BCUT2D eigenvalue weighted by Crippen LogP contribution is -2.42. The molecule has 0 aliphatic carbocycles. The average molecular weight is 278 g/mol. The van der Waals surface area contributed by atoms with Crippen LogP contribution in [-0.2, 0) is 9.59 Å². The Balaban J connectivity index is 2.25. The van der Waals surface area contributed by atoms with Crippen molar-refractivity contribution in [2.24, 2.45) is 0 Å².